The molecule has 2 heterocycles. The molecule has 0 saturated heterocycles. The Morgan fingerprint density at radius 2 is 2.00 bits per heavy atom. The third-order valence-electron chi connectivity index (χ3n) is 4.60. The summed E-state index contributed by atoms with van der Waals surface area (Å²) >= 11 is 0. The van der Waals surface area contributed by atoms with E-state index in [1.165, 1.54) is 4.90 Å². The third kappa shape index (κ3) is 3.13. The van der Waals surface area contributed by atoms with E-state index < -0.39 is 0 Å². The van der Waals surface area contributed by atoms with Crippen molar-refractivity contribution < 1.29 is 14.4 Å². The number of amides is 3. The largest absolute Gasteiger partial charge is 0.347 e. The monoisotopic (exact) mass is 333 g/mol. The highest BCUT2D eigenvalue weighted by Gasteiger charge is 2.36. The van der Waals surface area contributed by atoms with Crippen molar-refractivity contribution in [1.29, 1.82) is 0 Å². The van der Waals surface area contributed by atoms with Gasteiger partial charge in [0.1, 0.15) is 0 Å². The first kappa shape index (κ1) is 16.5. The number of likely N-dealkylation sites (N-methyl/N-ethyl adjacent to an activating group) is 1. The van der Waals surface area contributed by atoms with Crippen LogP contribution < -0.4 is 5.32 Å². The molecule has 24 heavy (non-hydrogen) atoms. The Bertz CT molecular complexity index is 690. The molecule has 0 spiro atoms. The third-order valence-corrected chi connectivity index (χ3v) is 4.60. The van der Waals surface area contributed by atoms with E-state index in [0.717, 1.165) is 24.2 Å². The second kappa shape index (κ2) is 6.26. The molecule has 2 aliphatic rings. The number of nitrogens with zero attached hydrogens (tertiary/aromatic N) is 4. The maximum atomic E-state index is 12.3. The summed E-state index contributed by atoms with van der Waals surface area (Å²) in [6.45, 7) is 1.07. The van der Waals surface area contributed by atoms with Crippen LogP contribution in [0.15, 0.2) is 0 Å². The van der Waals surface area contributed by atoms with Crippen molar-refractivity contribution in [2.45, 2.75) is 25.8 Å². The Hall–Kier alpha value is -2.38. The highest BCUT2D eigenvalue weighted by atomic mass is 16.2. The van der Waals surface area contributed by atoms with Crippen molar-refractivity contribution in [3.05, 3.63) is 17.2 Å². The molecule has 8 nitrogen and oxygen atoms in total. The summed E-state index contributed by atoms with van der Waals surface area (Å²) in [5.74, 6) is 0.127. The van der Waals surface area contributed by atoms with Crippen LogP contribution in [0.3, 0.4) is 0 Å². The molecule has 1 aromatic heterocycles. The lowest BCUT2D eigenvalue weighted by Gasteiger charge is -2.26. The molecule has 1 fully saturated rings. The maximum Gasteiger partial charge on any atom is 0.287 e. The Morgan fingerprint density at radius 1 is 1.29 bits per heavy atom. The van der Waals surface area contributed by atoms with E-state index >= 15 is 0 Å². The zero-order valence-electron chi connectivity index (χ0n) is 14.3. The van der Waals surface area contributed by atoms with Gasteiger partial charge in [-0.15, -0.1) is 0 Å². The molecule has 1 saturated carbocycles. The fraction of sp³-hybridized carbons (Fsp3) is 0.625. The van der Waals surface area contributed by atoms with Crippen LogP contribution in [0, 0.1) is 5.92 Å². The van der Waals surface area contributed by atoms with Gasteiger partial charge in [-0.05, 0) is 12.8 Å². The van der Waals surface area contributed by atoms with Gasteiger partial charge < -0.3 is 19.7 Å². The number of carbonyl (C=O) groups excluding carboxylic acids is 3. The lowest BCUT2D eigenvalue weighted by molar-refractivity contribution is -0.133. The Morgan fingerprint density at radius 3 is 2.62 bits per heavy atom. The second-order valence-corrected chi connectivity index (χ2v) is 6.64. The molecule has 1 aliphatic heterocycles. The minimum Gasteiger partial charge on any atom is -0.347 e. The van der Waals surface area contributed by atoms with Gasteiger partial charge in [0.05, 0.1) is 18.8 Å². The number of imidazole rings is 1. The molecule has 1 N–H and O–H groups in total. The highest BCUT2D eigenvalue weighted by molar-refractivity contribution is 5.94. The van der Waals surface area contributed by atoms with Crippen molar-refractivity contribution in [3.8, 4) is 0 Å². The van der Waals surface area contributed by atoms with E-state index in [4.69, 9.17) is 0 Å². The molecule has 1 aliphatic carbocycles. The predicted molar refractivity (Wildman–Crippen MR) is 86.1 cm³/mol. The molecule has 130 valence electrons. The highest BCUT2D eigenvalue weighted by Crippen LogP contribution is 2.32. The van der Waals surface area contributed by atoms with Crippen LogP contribution in [0.2, 0.25) is 0 Å². The van der Waals surface area contributed by atoms with Gasteiger partial charge in [-0.1, -0.05) is 0 Å². The number of carbonyl (C=O) groups is 3. The molecular weight excluding hydrogens is 310 g/mol. The number of hydrogen-bond donors (Lipinski definition) is 1. The van der Waals surface area contributed by atoms with Gasteiger partial charge in [0.15, 0.2) is 5.82 Å². The summed E-state index contributed by atoms with van der Waals surface area (Å²) in [4.78, 5) is 43.8. The molecule has 1 aromatic rings. The van der Waals surface area contributed by atoms with Crippen LogP contribution in [0.25, 0.3) is 0 Å². The minimum atomic E-state index is -0.373. The van der Waals surface area contributed by atoms with Gasteiger partial charge in [0.2, 0.25) is 11.8 Å². The van der Waals surface area contributed by atoms with Crippen LogP contribution in [0.5, 0.6) is 0 Å². The van der Waals surface area contributed by atoms with Crippen molar-refractivity contribution in [2.75, 3.05) is 27.2 Å². The van der Waals surface area contributed by atoms with Gasteiger partial charge >= 0.3 is 0 Å². The fourth-order valence-electron chi connectivity index (χ4n) is 2.90. The maximum absolute atomic E-state index is 12.3. The van der Waals surface area contributed by atoms with Crippen LogP contribution in [-0.4, -0.2) is 64.3 Å². The number of rotatable bonds is 4. The fourth-order valence-corrected chi connectivity index (χ4v) is 2.90. The first-order valence-electron chi connectivity index (χ1n) is 8.20. The Labute approximate surface area is 140 Å². The molecule has 8 heteroatoms. The van der Waals surface area contributed by atoms with E-state index in [2.05, 4.69) is 10.3 Å². The zero-order chi connectivity index (χ0) is 17.4. The van der Waals surface area contributed by atoms with Crippen LogP contribution in [0.4, 0.5) is 0 Å². The number of aromatic nitrogens is 2. The molecule has 0 aromatic carbocycles. The molecule has 0 radical (unpaired) electrons. The SMILES string of the molecule is CN(C)C(=O)CNC(=O)c1nc2c(n1C)CCN(C(=O)C1CC1)C2. The molecule has 3 rings (SSSR count). The number of fused-ring (bicyclic) bond motifs is 1. The first-order chi connectivity index (χ1) is 11.4. The molecule has 3 amide bonds. The van der Waals surface area contributed by atoms with E-state index in [9.17, 15) is 14.4 Å². The van der Waals surface area contributed by atoms with Crippen LogP contribution in [0.1, 0.15) is 34.8 Å². The van der Waals surface area contributed by atoms with Gasteiger partial charge in [0.25, 0.3) is 5.91 Å². The minimum absolute atomic E-state index is 0.0599. The summed E-state index contributed by atoms with van der Waals surface area (Å²) in [5.41, 5.74) is 1.76. The first-order valence-corrected chi connectivity index (χ1v) is 8.20. The Kier molecular flexibility index (Phi) is 4.29. The predicted octanol–water partition coefficient (Wildman–Crippen LogP) is -0.467. The van der Waals surface area contributed by atoms with Gasteiger partial charge in [0, 0.05) is 45.7 Å². The lowest BCUT2D eigenvalue weighted by Crippen LogP contribution is -2.37. The topological polar surface area (TPSA) is 87.5 Å². The summed E-state index contributed by atoms with van der Waals surface area (Å²) in [6.07, 6.45) is 2.66. The standard InChI is InChI=1S/C16H23N5O3/c1-19(2)13(22)8-17-15(23)14-18-11-9-21(16(24)10-4-5-10)7-6-12(11)20(14)3/h10H,4-9H2,1-3H3,(H,17,23). The van der Waals surface area contributed by atoms with Gasteiger partial charge in [-0.3, -0.25) is 14.4 Å². The Balaban J connectivity index is 1.69. The van der Waals surface area contributed by atoms with E-state index in [-0.39, 0.29) is 36.0 Å². The number of hydrogen-bond acceptors (Lipinski definition) is 4. The second-order valence-electron chi connectivity index (χ2n) is 6.64. The summed E-state index contributed by atoms with van der Waals surface area (Å²) < 4.78 is 1.77. The molecule has 0 atom stereocenters. The molecular formula is C16H23N5O3. The van der Waals surface area contributed by atoms with Crippen molar-refractivity contribution in [2.24, 2.45) is 13.0 Å². The quantitative estimate of drug-likeness (QED) is 0.807. The zero-order valence-corrected chi connectivity index (χ0v) is 14.3. The van der Waals surface area contributed by atoms with Crippen molar-refractivity contribution in [3.63, 3.8) is 0 Å². The van der Waals surface area contributed by atoms with Gasteiger partial charge in [-0.2, -0.15) is 0 Å². The average molecular weight is 333 g/mol. The molecule has 0 unspecified atom stereocenters. The van der Waals surface area contributed by atoms with E-state index in [0.29, 0.717) is 19.5 Å². The lowest BCUT2D eigenvalue weighted by atomic mass is 10.1. The number of nitrogens with one attached hydrogen (secondary N) is 1. The van der Waals surface area contributed by atoms with E-state index in [1.54, 1.807) is 25.7 Å². The van der Waals surface area contributed by atoms with Crippen LogP contribution >= 0.6 is 0 Å². The van der Waals surface area contributed by atoms with Crippen LogP contribution in [-0.2, 0) is 29.6 Å². The summed E-state index contributed by atoms with van der Waals surface area (Å²) in [6, 6.07) is 0. The van der Waals surface area contributed by atoms with Crippen molar-refractivity contribution in [1.82, 2.24) is 24.7 Å². The smallest absolute Gasteiger partial charge is 0.287 e. The summed E-state index contributed by atoms with van der Waals surface area (Å²) in [5, 5.41) is 2.60. The summed E-state index contributed by atoms with van der Waals surface area (Å²) in [7, 11) is 5.08. The van der Waals surface area contributed by atoms with E-state index in [1.807, 2.05) is 4.90 Å². The van der Waals surface area contributed by atoms with Gasteiger partial charge in [-0.25, -0.2) is 4.98 Å². The average Bonchev–Trinajstić information content (AvgIpc) is 3.35. The normalized spacial score (nSPS) is 16.5. The van der Waals surface area contributed by atoms with Crippen molar-refractivity contribution >= 4 is 17.7 Å². The molecule has 0 bridgehead atoms.